The van der Waals surface area contributed by atoms with Crippen LogP contribution < -0.4 is 5.32 Å². The summed E-state index contributed by atoms with van der Waals surface area (Å²) in [6, 6.07) is 17.9. The zero-order chi connectivity index (χ0) is 12.8. The molecule has 94 valence electrons. The number of halogens is 1. The SMILES string of the molecule is OC(CNCc1ccc(Br)cc1)c1ccccc1. The summed E-state index contributed by atoms with van der Waals surface area (Å²) in [5, 5.41) is 13.2. The Morgan fingerprint density at radius 3 is 2.33 bits per heavy atom. The second-order valence-corrected chi connectivity index (χ2v) is 5.10. The Kier molecular flexibility index (Phi) is 4.93. The minimum atomic E-state index is -0.457. The van der Waals surface area contributed by atoms with E-state index >= 15 is 0 Å². The molecule has 0 saturated carbocycles. The lowest BCUT2D eigenvalue weighted by atomic mass is 10.1. The smallest absolute Gasteiger partial charge is 0.0914 e. The molecule has 0 amide bonds. The van der Waals surface area contributed by atoms with Crippen LogP contribution in [-0.2, 0) is 6.54 Å². The van der Waals surface area contributed by atoms with E-state index in [4.69, 9.17) is 0 Å². The number of rotatable bonds is 5. The first-order valence-corrected chi connectivity index (χ1v) is 6.73. The Bertz CT molecular complexity index is 470. The van der Waals surface area contributed by atoms with Crippen molar-refractivity contribution in [2.75, 3.05) is 6.54 Å². The van der Waals surface area contributed by atoms with Crippen LogP contribution in [0.3, 0.4) is 0 Å². The highest BCUT2D eigenvalue weighted by molar-refractivity contribution is 9.10. The molecule has 0 saturated heterocycles. The molecule has 0 aliphatic heterocycles. The molecular formula is C15H16BrNO. The van der Waals surface area contributed by atoms with Crippen LogP contribution in [0.5, 0.6) is 0 Å². The molecule has 2 N–H and O–H groups in total. The van der Waals surface area contributed by atoms with Crippen molar-refractivity contribution in [2.24, 2.45) is 0 Å². The first kappa shape index (κ1) is 13.3. The molecule has 0 heterocycles. The lowest BCUT2D eigenvalue weighted by Crippen LogP contribution is -2.20. The lowest BCUT2D eigenvalue weighted by Gasteiger charge is -2.12. The van der Waals surface area contributed by atoms with Crippen LogP contribution in [0, 0.1) is 0 Å². The molecule has 1 unspecified atom stereocenters. The average Bonchev–Trinajstić information content (AvgIpc) is 2.42. The van der Waals surface area contributed by atoms with E-state index < -0.39 is 6.10 Å². The fourth-order valence-electron chi connectivity index (χ4n) is 1.75. The summed E-state index contributed by atoms with van der Waals surface area (Å²) in [6.07, 6.45) is -0.457. The van der Waals surface area contributed by atoms with Crippen molar-refractivity contribution in [1.82, 2.24) is 5.32 Å². The van der Waals surface area contributed by atoms with E-state index in [0.717, 1.165) is 16.6 Å². The van der Waals surface area contributed by atoms with Gasteiger partial charge >= 0.3 is 0 Å². The van der Waals surface area contributed by atoms with Crippen molar-refractivity contribution in [2.45, 2.75) is 12.6 Å². The first-order chi connectivity index (χ1) is 8.75. The predicted octanol–water partition coefficient (Wildman–Crippen LogP) is 3.27. The number of aliphatic hydroxyl groups is 1. The standard InChI is InChI=1S/C15H16BrNO/c16-14-8-6-12(7-9-14)10-17-11-15(18)13-4-2-1-3-5-13/h1-9,15,17-18H,10-11H2. The third kappa shape index (κ3) is 3.95. The molecule has 0 fully saturated rings. The molecule has 2 rings (SSSR count). The Labute approximate surface area is 116 Å². The minimum absolute atomic E-state index is 0.457. The van der Waals surface area contributed by atoms with Crippen LogP contribution in [0.2, 0.25) is 0 Å². The number of aliphatic hydroxyl groups excluding tert-OH is 1. The Morgan fingerprint density at radius 2 is 1.67 bits per heavy atom. The number of hydrogen-bond acceptors (Lipinski definition) is 2. The van der Waals surface area contributed by atoms with E-state index in [2.05, 4.69) is 33.4 Å². The molecule has 0 bridgehead atoms. The quantitative estimate of drug-likeness (QED) is 0.888. The third-order valence-corrected chi connectivity index (χ3v) is 3.29. The van der Waals surface area contributed by atoms with Crippen LogP contribution in [0.4, 0.5) is 0 Å². The third-order valence-electron chi connectivity index (χ3n) is 2.76. The van der Waals surface area contributed by atoms with Crippen LogP contribution in [-0.4, -0.2) is 11.7 Å². The van der Waals surface area contributed by atoms with Gasteiger partial charge in [0.05, 0.1) is 6.10 Å². The molecule has 2 aromatic carbocycles. The fourth-order valence-corrected chi connectivity index (χ4v) is 2.01. The van der Waals surface area contributed by atoms with Gasteiger partial charge in [0.15, 0.2) is 0 Å². The van der Waals surface area contributed by atoms with Crippen molar-refractivity contribution in [3.05, 3.63) is 70.2 Å². The van der Waals surface area contributed by atoms with Crippen LogP contribution in [0.1, 0.15) is 17.2 Å². The summed E-state index contributed by atoms with van der Waals surface area (Å²) in [6.45, 7) is 1.32. The summed E-state index contributed by atoms with van der Waals surface area (Å²) in [5.41, 5.74) is 2.15. The van der Waals surface area contributed by atoms with Gasteiger partial charge in [0.1, 0.15) is 0 Å². The van der Waals surface area contributed by atoms with E-state index in [1.54, 1.807) is 0 Å². The second-order valence-electron chi connectivity index (χ2n) is 4.18. The van der Waals surface area contributed by atoms with Gasteiger partial charge in [0, 0.05) is 17.6 Å². The maximum Gasteiger partial charge on any atom is 0.0914 e. The molecule has 2 nitrogen and oxygen atoms in total. The zero-order valence-corrected chi connectivity index (χ0v) is 11.6. The first-order valence-electron chi connectivity index (χ1n) is 5.94. The summed E-state index contributed by atoms with van der Waals surface area (Å²) in [7, 11) is 0. The summed E-state index contributed by atoms with van der Waals surface area (Å²) in [5.74, 6) is 0. The second kappa shape index (κ2) is 6.69. The maximum absolute atomic E-state index is 9.97. The van der Waals surface area contributed by atoms with Gasteiger partial charge in [-0.3, -0.25) is 0 Å². The summed E-state index contributed by atoms with van der Waals surface area (Å²) >= 11 is 3.41. The molecule has 0 aliphatic rings. The van der Waals surface area contributed by atoms with Gasteiger partial charge in [0.25, 0.3) is 0 Å². The monoisotopic (exact) mass is 305 g/mol. The average molecular weight is 306 g/mol. The van der Waals surface area contributed by atoms with E-state index in [1.807, 2.05) is 42.5 Å². The summed E-state index contributed by atoms with van der Waals surface area (Å²) < 4.78 is 1.08. The zero-order valence-electron chi connectivity index (χ0n) is 10.0. The van der Waals surface area contributed by atoms with E-state index in [0.29, 0.717) is 6.54 Å². The van der Waals surface area contributed by atoms with Gasteiger partial charge in [-0.1, -0.05) is 58.4 Å². The largest absolute Gasteiger partial charge is 0.387 e. The van der Waals surface area contributed by atoms with Crippen LogP contribution >= 0.6 is 15.9 Å². The minimum Gasteiger partial charge on any atom is -0.387 e. The van der Waals surface area contributed by atoms with Gasteiger partial charge in [-0.2, -0.15) is 0 Å². The highest BCUT2D eigenvalue weighted by Gasteiger charge is 2.05. The predicted molar refractivity (Wildman–Crippen MR) is 77.3 cm³/mol. The van der Waals surface area contributed by atoms with Gasteiger partial charge < -0.3 is 10.4 Å². The maximum atomic E-state index is 9.97. The highest BCUT2D eigenvalue weighted by atomic mass is 79.9. The topological polar surface area (TPSA) is 32.3 Å². The molecule has 0 aromatic heterocycles. The van der Waals surface area contributed by atoms with Gasteiger partial charge in [-0.15, -0.1) is 0 Å². The van der Waals surface area contributed by atoms with Crippen molar-refractivity contribution in [1.29, 1.82) is 0 Å². The summed E-state index contributed by atoms with van der Waals surface area (Å²) in [4.78, 5) is 0. The van der Waals surface area contributed by atoms with Crippen molar-refractivity contribution < 1.29 is 5.11 Å². The Balaban J connectivity index is 1.80. The molecule has 3 heteroatoms. The van der Waals surface area contributed by atoms with Gasteiger partial charge in [-0.05, 0) is 23.3 Å². The normalized spacial score (nSPS) is 12.3. The van der Waals surface area contributed by atoms with Crippen molar-refractivity contribution in [3.8, 4) is 0 Å². The van der Waals surface area contributed by atoms with E-state index in [1.165, 1.54) is 5.56 Å². The number of hydrogen-bond donors (Lipinski definition) is 2. The molecule has 0 radical (unpaired) electrons. The Hall–Kier alpha value is -1.16. The van der Waals surface area contributed by atoms with E-state index in [9.17, 15) is 5.11 Å². The van der Waals surface area contributed by atoms with E-state index in [-0.39, 0.29) is 0 Å². The molecule has 0 spiro atoms. The fraction of sp³-hybridized carbons (Fsp3) is 0.200. The highest BCUT2D eigenvalue weighted by Crippen LogP contribution is 2.12. The Morgan fingerprint density at radius 1 is 1.00 bits per heavy atom. The molecule has 0 aliphatic carbocycles. The number of benzene rings is 2. The molecule has 18 heavy (non-hydrogen) atoms. The van der Waals surface area contributed by atoms with Crippen LogP contribution in [0.25, 0.3) is 0 Å². The van der Waals surface area contributed by atoms with Gasteiger partial charge in [-0.25, -0.2) is 0 Å². The molecular weight excluding hydrogens is 290 g/mol. The van der Waals surface area contributed by atoms with Crippen molar-refractivity contribution in [3.63, 3.8) is 0 Å². The van der Waals surface area contributed by atoms with Crippen LogP contribution in [0.15, 0.2) is 59.1 Å². The van der Waals surface area contributed by atoms with Crippen molar-refractivity contribution >= 4 is 15.9 Å². The number of nitrogens with one attached hydrogen (secondary N) is 1. The lowest BCUT2D eigenvalue weighted by molar-refractivity contribution is 0.174. The molecule has 1 atom stereocenters. The molecule has 2 aromatic rings. The van der Waals surface area contributed by atoms with Gasteiger partial charge in [0.2, 0.25) is 0 Å².